The number of methoxy groups -OCH3 is 1. The number of carbonyl (C=O) groups excluding carboxylic acids is 1. The lowest BCUT2D eigenvalue weighted by Crippen LogP contribution is -2.12. The minimum absolute atomic E-state index is 0. The normalized spacial score (nSPS) is 18.6. The Morgan fingerprint density at radius 1 is 1.39 bits per heavy atom. The van der Waals surface area contributed by atoms with Crippen molar-refractivity contribution in [3.63, 3.8) is 0 Å². The first kappa shape index (κ1) is 14.7. The summed E-state index contributed by atoms with van der Waals surface area (Å²) in [6.45, 7) is 1.11. The molecule has 1 N–H and O–H groups in total. The van der Waals surface area contributed by atoms with Crippen molar-refractivity contribution in [2.24, 2.45) is 0 Å². The molecule has 0 bridgehead atoms. The van der Waals surface area contributed by atoms with Crippen LogP contribution >= 0.6 is 12.4 Å². The Morgan fingerprint density at radius 2 is 2.11 bits per heavy atom. The van der Waals surface area contributed by atoms with Crippen LogP contribution in [0.5, 0.6) is 0 Å². The summed E-state index contributed by atoms with van der Waals surface area (Å²) in [5.74, 6) is -0.327. The Bertz CT molecular complexity index is 408. The van der Waals surface area contributed by atoms with Crippen molar-refractivity contribution in [2.45, 2.75) is 18.9 Å². The molecule has 1 saturated heterocycles. The second kappa shape index (κ2) is 7.19. The first-order valence-electron chi connectivity index (χ1n) is 5.89. The fourth-order valence-electron chi connectivity index (χ4n) is 2.04. The van der Waals surface area contributed by atoms with Gasteiger partial charge in [0, 0.05) is 12.1 Å². The zero-order chi connectivity index (χ0) is 12.1. The number of halogens is 1. The third-order valence-electron chi connectivity index (χ3n) is 3.01. The molecule has 1 aromatic carbocycles. The largest absolute Gasteiger partial charge is 0.466 e. The van der Waals surface area contributed by atoms with Gasteiger partial charge in [0.1, 0.15) is 0 Å². The molecule has 0 aliphatic carbocycles. The molecular weight excluding hydrogens is 250 g/mol. The van der Waals surface area contributed by atoms with Crippen LogP contribution in [-0.2, 0) is 9.53 Å². The number of carbonyl (C=O) groups is 1. The highest BCUT2D eigenvalue weighted by atomic mass is 35.5. The van der Waals surface area contributed by atoms with Crippen molar-refractivity contribution in [1.29, 1.82) is 0 Å². The molecule has 1 aromatic rings. The minimum atomic E-state index is -0.327. The summed E-state index contributed by atoms with van der Waals surface area (Å²) in [4.78, 5) is 10.9. The molecule has 0 amide bonds. The molecule has 1 aliphatic rings. The highest BCUT2D eigenvalue weighted by molar-refractivity contribution is 5.86. The van der Waals surface area contributed by atoms with E-state index in [0.29, 0.717) is 6.04 Å². The van der Waals surface area contributed by atoms with Gasteiger partial charge in [0.2, 0.25) is 0 Å². The smallest absolute Gasteiger partial charge is 0.330 e. The standard InChI is InChI=1S/C14H17NO2.ClH/c1-17-14(16)9-6-11-4-7-12(8-5-11)13-3-2-10-15-13;/h4-9,13,15H,2-3,10H2,1H3;1H/b9-6+;. The van der Waals surface area contributed by atoms with E-state index in [1.807, 2.05) is 12.1 Å². The monoisotopic (exact) mass is 267 g/mol. The molecule has 1 fully saturated rings. The van der Waals surface area contributed by atoms with Gasteiger partial charge in [-0.3, -0.25) is 0 Å². The van der Waals surface area contributed by atoms with Crippen LogP contribution in [0.3, 0.4) is 0 Å². The van der Waals surface area contributed by atoms with Crippen LogP contribution in [0.4, 0.5) is 0 Å². The van der Waals surface area contributed by atoms with Crippen LogP contribution in [0.25, 0.3) is 6.08 Å². The van der Waals surface area contributed by atoms with E-state index in [9.17, 15) is 4.79 Å². The van der Waals surface area contributed by atoms with E-state index in [1.165, 1.54) is 31.6 Å². The van der Waals surface area contributed by atoms with E-state index < -0.39 is 0 Å². The molecule has 1 unspecified atom stereocenters. The predicted molar refractivity (Wildman–Crippen MR) is 74.7 cm³/mol. The van der Waals surface area contributed by atoms with Crippen molar-refractivity contribution in [3.05, 3.63) is 41.5 Å². The summed E-state index contributed by atoms with van der Waals surface area (Å²) in [6, 6.07) is 8.76. The number of esters is 1. The summed E-state index contributed by atoms with van der Waals surface area (Å²) in [7, 11) is 1.38. The van der Waals surface area contributed by atoms with E-state index in [1.54, 1.807) is 6.08 Å². The molecule has 3 nitrogen and oxygen atoms in total. The number of ether oxygens (including phenoxy) is 1. The third kappa shape index (κ3) is 3.86. The zero-order valence-electron chi connectivity index (χ0n) is 10.4. The van der Waals surface area contributed by atoms with Gasteiger partial charge in [-0.05, 0) is 36.6 Å². The van der Waals surface area contributed by atoms with Gasteiger partial charge in [-0.2, -0.15) is 0 Å². The topological polar surface area (TPSA) is 38.3 Å². The first-order chi connectivity index (χ1) is 8.29. The summed E-state index contributed by atoms with van der Waals surface area (Å²) < 4.78 is 4.54. The average molecular weight is 268 g/mol. The fraction of sp³-hybridized carbons (Fsp3) is 0.357. The molecule has 1 aliphatic heterocycles. The lowest BCUT2D eigenvalue weighted by atomic mass is 10.0. The maximum Gasteiger partial charge on any atom is 0.330 e. The second-order valence-electron chi connectivity index (χ2n) is 4.17. The zero-order valence-corrected chi connectivity index (χ0v) is 11.2. The molecule has 0 radical (unpaired) electrons. The van der Waals surface area contributed by atoms with Crippen molar-refractivity contribution in [3.8, 4) is 0 Å². The molecular formula is C14H18ClNO2. The quantitative estimate of drug-likeness (QED) is 0.676. The molecule has 1 atom stereocenters. The number of hydrogen-bond donors (Lipinski definition) is 1. The summed E-state index contributed by atoms with van der Waals surface area (Å²) in [6.07, 6.45) is 5.65. The molecule has 98 valence electrons. The van der Waals surface area contributed by atoms with Gasteiger partial charge in [-0.1, -0.05) is 24.3 Å². The van der Waals surface area contributed by atoms with E-state index >= 15 is 0 Å². The van der Waals surface area contributed by atoms with Gasteiger partial charge in [-0.25, -0.2) is 4.79 Å². The van der Waals surface area contributed by atoms with Crippen LogP contribution in [0.2, 0.25) is 0 Å². The van der Waals surface area contributed by atoms with Crippen LogP contribution in [0.15, 0.2) is 30.3 Å². The van der Waals surface area contributed by atoms with Crippen molar-refractivity contribution in [2.75, 3.05) is 13.7 Å². The van der Waals surface area contributed by atoms with Gasteiger partial charge >= 0.3 is 5.97 Å². The maximum atomic E-state index is 10.9. The molecule has 0 aromatic heterocycles. The van der Waals surface area contributed by atoms with E-state index in [4.69, 9.17) is 0 Å². The molecule has 2 rings (SSSR count). The SMILES string of the molecule is COC(=O)/C=C/c1ccc(C2CCCN2)cc1.Cl. The van der Waals surface area contributed by atoms with Gasteiger partial charge in [0.05, 0.1) is 7.11 Å². The Morgan fingerprint density at radius 3 is 2.67 bits per heavy atom. The first-order valence-corrected chi connectivity index (χ1v) is 5.89. The van der Waals surface area contributed by atoms with Gasteiger partial charge in [0.25, 0.3) is 0 Å². The van der Waals surface area contributed by atoms with E-state index in [-0.39, 0.29) is 18.4 Å². The van der Waals surface area contributed by atoms with E-state index in [0.717, 1.165) is 12.1 Å². The van der Waals surface area contributed by atoms with Gasteiger partial charge in [0.15, 0.2) is 0 Å². The van der Waals surface area contributed by atoms with Crippen LogP contribution < -0.4 is 5.32 Å². The Hall–Kier alpha value is -1.32. The summed E-state index contributed by atoms with van der Waals surface area (Å²) in [5.41, 5.74) is 2.33. The Balaban J connectivity index is 0.00000162. The van der Waals surface area contributed by atoms with Gasteiger partial charge in [-0.15, -0.1) is 12.4 Å². The van der Waals surface area contributed by atoms with Gasteiger partial charge < -0.3 is 10.1 Å². The summed E-state index contributed by atoms with van der Waals surface area (Å²) in [5, 5.41) is 3.46. The maximum absolute atomic E-state index is 10.9. The Labute approximate surface area is 114 Å². The van der Waals surface area contributed by atoms with Crippen molar-refractivity contribution < 1.29 is 9.53 Å². The third-order valence-corrected chi connectivity index (χ3v) is 3.01. The molecule has 1 heterocycles. The number of nitrogens with one attached hydrogen (secondary N) is 1. The highest BCUT2D eigenvalue weighted by Gasteiger charge is 2.15. The highest BCUT2D eigenvalue weighted by Crippen LogP contribution is 2.23. The molecule has 18 heavy (non-hydrogen) atoms. The number of rotatable bonds is 3. The lowest BCUT2D eigenvalue weighted by molar-refractivity contribution is -0.134. The average Bonchev–Trinajstić information content (AvgIpc) is 2.90. The Kier molecular flexibility index (Phi) is 5.89. The van der Waals surface area contributed by atoms with Crippen LogP contribution in [0.1, 0.15) is 30.0 Å². The molecule has 0 spiro atoms. The fourth-order valence-corrected chi connectivity index (χ4v) is 2.04. The van der Waals surface area contributed by atoms with Crippen LogP contribution in [0, 0.1) is 0 Å². The molecule has 4 heteroatoms. The van der Waals surface area contributed by atoms with Crippen molar-refractivity contribution in [1.82, 2.24) is 5.32 Å². The number of benzene rings is 1. The molecule has 0 saturated carbocycles. The number of hydrogen-bond acceptors (Lipinski definition) is 3. The second-order valence-corrected chi connectivity index (χ2v) is 4.17. The summed E-state index contributed by atoms with van der Waals surface area (Å²) >= 11 is 0. The predicted octanol–water partition coefficient (Wildman–Crippen LogP) is 2.72. The lowest BCUT2D eigenvalue weighted by Gasteiger charge is -2.10. The minimum Gasteiger partial charge on any atom is -0.466 e. The van der Waals surface area contributed by atoms with E-state index in [2.05, 4.69) is 22.2 Å². The van der Waals surface area contributed by atoms with Crippen molar-refractivity contribution >= 4 is 24.5 Å². The van der Waals surface area contributed by atoms with Crippen LogP contribution in [-0.4, -0.2) is 19.6 Å².